The number of hydrogen-bond donors (Lipinski definition) is 3. The summed E-state index contributed by atoms with van der Waals surface area (Å²) in [5.41, 5.74) is 4.40. The summed E-state index contributed by atoms with van der Waals surface area (Å²) in [6, 6.07) is 16.5. The van der Waals surface area contributed by atoms with Crippen molar-refractivity contribution in [2.75, 3.05) is 27.4 Å². The number of aryl methyl sites for hydroxylation is 2. The topological polar surface area (TPSA) is 101 Å². The van der Waals surface area contributed by atoms with Crippen LogP contribution in [-0.2, 0) is 0 Å². The van der Waals surface area contributed by atoms with Crippen molar-refractivity contribution >= 4 is 17.4 Å². The molecule has 182 valence electrons. The third-order valence-corrected chi connectivity index (χ3v) is 5.73. The smallest absolute Gasteiger partial charge is 0.251 e. The summed E-state index contributed by atoms with van der Waals surface area (Å²) in [6.45, 7) is 4.63. The summed E-state index contributed by atoms with van der Waals surface area (Å²) < 4.78 is 16.7. The number of ether oxygens (including phenoxy) is 3. The third-order valence-electron chi connectivity index (χ3n) is 5.73. The number of carbonyl (C=O) groups is 1. The molecule has 0 radical (unpaired) electrons. The van der Waals surface area contributed by atoms with E-state index >= 15 is 0 Å². The molecule has 0 bridgehead atoms. The van der Waals surface area contributed by atoms with Crippen LogP contribution in [0, 0.1) is 13.8 Å². The number of carbonyl (C=O) groups excluding carboxylic acids is 1. The number of nitrogens with one attached hydrogen (secondary N) is 2. The van der Waals surface area contributed by atoms with E-state index in [0.717, 1.165) is 22.4 Å². The Balaban J connectivity index is 1.49. The average molecular weight is 476 g/mol. The van der Waals surface area contributed by atoms with Crippen LogP contribution in [0.5, 0.6) is 17.2 Å². The van der Waals surface area contributed by atoms with Gasteiger partial charge in [-0.3, -0.25) is 4.79 Å². The molecule has 0 saturated carbocycles. The Morgan fingerprint density at radius 2 is 1.77 bits per heavy atom. The molecule has 4 rings (SSSR count). The first kappa shape index (κ1) is 24.1. The molecular formula is C27H29N3O5. The molecule has 1 aliphatic heterocycles. The normalized spacial score (nSPS) is 14.3. The number of hydrogen-bond acceptors (Lipinski definition) is 7. The molecule has 1 atom stereocenters. The van der Waals surface area contributed by atoms with Crippen LogP contribution in [0.2, 0.25) is 0 Å². The molecule has 0 fully saturated rings. The molecule has 8 heteroatoms. The molecule has 3 N–H and O–H groups in total. The highest BCUT2D eigenvalue weighted by Gasteiger charge is 2.26. The minimum absolute atomic E-state index is 0.133. The monoisotopic (exact) mass is 475 g/mol. The Hall–Kier alpha value is -4.04. The Bertz CT molecular complexity index is 1230. The number of amides is 1. The lowest BCUT2D eigenvalue weighted by atomic mass is 10.0. The van der Waals surface area contributed by atoms with Crippen LogP contribution in [0.4, 0.5) is 5.69 Å². The summed E-state index contributed by atoms with van der Waals surface area (Å²) in [4.78, 5) is 16.9. The van der Waals surface area contributed by atoms with Crippen LogP contribution >= 0.6 is 0 Å². The summed E-state index contributed by atoms with van der Waals surface area (Å²) in [5.74, 6) is 2.24. The number of amidine groups is 1. The number of aliphatic imine (C=N–C) groups is 1. The number of nitrogens with zero attached hydrogens (tertiary/aromatic N) is 1. The van der Waals surface area contributed by atoms with E-state index in [1.54, 1.807) is 38.5 Å². The van der Waals surface area contributed by atoms with E-state index in [2.05, 4.69) is 10.6 Å². The van der Waals surface area contributed by atoms with Gasteiger partial charge in [-0.2, -0.15) is 0 Å². The lowest BCUT2D eigenvalue weighted by molar-refractivity contribution is 0.0947. The number of aliphatic hydroxyl groups is 1. The first-order chi connectivity index (χ1) is 16.9. The van der Waals surface area contributed by atoms with Crippen LogP contribution in [0.1, 0.15) is 38.8 Å². The Labute approximate surface area is 204 Å². The second kappa shape index (κ2) is 10.5. The summed E-state index contributed by atoms with van der Waals surface area (Å²) in [7, 11) is 3.11. The summed E-state index contributed by atoms with van der Waals surface area (Å²) in [6.07, 6.45) is -0.983. The molecule has 0 spiro atoms. The number of fused-ring (bicyclic) bond motifs is 1. The fourth-order valence-corrected chi connectivity index (χ4v) is 4.07. The third kappa shape index (κ3) is 5.22. The van der Waals surface area contributed by atoms with E-state index in [4.69, 9.17) is 19.2 Å². The minimum Gasteiger partial charge on any atom is -0.497 e. The molecule has 1 aliphatic rings. The van der Waals surface area contributed by atoms with Crippen LogP contribution in [0.15, 0.2) is 59.6 Å². The van der Waals surface area contributed by atoms with Gasteiger partial charge in [0.25, 0.3) is 5.91 Å². The van der Waals surface area contributed by atoms with E-state index in [1.807, 2.05) is 44.2 Å². The van der Waals surface area contributed by atoms with Crippen LogP contribution in [-0.4, -0.2) is 44.2 Å². The van der Waals surface area contributed by atoms with Crippen molar-refractivity contribution in [1.82, 2.24) is 10.6 Å². The zero-order chi connectivity index (χ0) is 24.9. The largest absolute Gasteiger partial charge is 0.497 e. The van der Waals surface area contributed by atoms with Crippen LogP contribution in [0.25, 0.3) is 0 Å². The fraction of sp³-hybridized carbons (Fsp3) is 0.259. The highest BCUT2D eigenvalue weighted by atomic mass is 16.5. The van der Waals surface area contributed by atoms with E-state index < -0.39 is 6.23 Å². The lowest BCUT2D eigenvalue weighted by Crippen LogP contribution is -2.32. The molecule has 0 aromatic heterocycles. The van der Waals surface area contributed by atoms with Gasteiger partial charge in [0.1, 0.15) is 29.7 Å². The van der Waals surface area contributed by atoms with Crippen molar-refractivity contribution < 1.29 is 24.1 Å². The maximum Gasteiger partial charge on any atom is 0.251 e. The second-order valence-corrected chi connectivity index (χ2v) is 8.18. The number of methoxy groups -OCH3 is 2. The average Bonchev–Trinajstić information content (AvgIpc) is 2.87. The summed E-state index contributed by atoms with van der Waals surface area (Å²) >= 11 is 0. The Kier molecular flexibility index (Phi) is 7.22. The zero-order valence-corrected chi connectivity index (χ0v) is 20.2. The molecule has 8 nitrogen and oxygen atoms in total. The highest BCUT2D eigenvalue weighted by molar-refractivity contribution is 6.02. The first-order valence-corrected chi connectivity index (χ1v) is 11.3. The van der Waals surface area contributed by atoms with Gasteiger partial charge in [0.05, 0.1) is 32.0 Å². The van der Waals surface area contributed by atoms with Crippen molar-refractivity contribution in [1.29, 1.82) is 0 Å². The molecule has 3 aromatic rings. The fourth-order valence-electron chi connectivity index (χ4n) is 4.07. The highest BCUT2D eigenvalue weighted by Crippen LogP contribution is 2.40. The van der Waals surface area contributed by atoms with Gasteiger partial charge >= 0.3 is 0 Å². The van der Waals surface area contributed by atoms with Crippen molar-refractivity contribution in [2.45, 2.75) is 20.1 Å². The molecule has 1 amide bonds. The van der Waals surface area contributed by atoms with Crippen molar-refractivity contribution in [2.24, 2.45) is 4.99 Å². The molecule has 1 unspecified atom stereocenters. The van der Waals surface area contributed by atoms with Crippen molar-refractivity contribution in [3.8, 4) is 17.2 Å². The molecular weight excluding hydrogens is 446 g/mol. The van der Waals surface area contributed by atoms with Gasteiger partial charge in [-0.25, -0.2) is 4.99 Å². The maximum absolute atomic E-state index is 12.2. The summed E-state index contributed by atoms with van der Waals surface area (Å²) in [5, 5.41) is 16.7. The predicted octanol–water partition coefficient (Wildman–Crippen LogP) is 3.80. The van der Waals surface area contributed by atoms with Crippen LogP contribution in [0.3, 0.4) is 0 Å². The maximum atomic E-state index is 12.2. The van der Waals surface area contributed by atoms with Gasteiger partial charge in [-0.1, -0.05) is 18.2 Å². The van der Waals surface area contributed by atoms with Gasteiger partial charge in [0, 0.05) is 23.3 Å². The van der Waals surface area contributed by atoms with E-state index in [9.17, 15) is 9.90 Å². The Morgan fingerprint density at radius 3 is 2.43 bits per heavy atom. The number of aliphatic hydroxyl groups excluding tert-OH is 1. The van der Waals surface area contributed by atoms with E-state index in [-0.39, 0.29) is 5.91 Å². The van der Waals surface area contributed by atoms with Gasteiger partial charge in [0.15, 0.2) is 6.23 Å². The quantitative estimate of drug-likeness (QED) is 0.429. The molecule has 0 saturated heterocycles. The van der Waals surface area contributed by atoms with Gasteiger partial charge in [0.2, 0.25) is 0 Å². The van der Waals surface area contributed by atoms with E-state index in [0.29, 0.717) is 47.3 Å². The molecule has 0 aliphatic carbocycles. The SMILES string of the molecule is COc1cc2c(c(OC)c1)C(O)NC(c1cc(C)c(OCCNC(=O)c3ccccc3)c(C)c1)=N2. The lowest BCUT2D eigenvalue weighted by Gasteiger charge is -2.26. The Morgan fingerprint density at radius 1 is 1.06 bits per heavy atom. The standard InChI is InChI=1S/C27H29N3O5/c1-16-12-19(25-29-21-14-20(33-3)15-22(34-4)23(21)27(32)30-25)13-17(2)24(16)35-11-10-28-26(31)18-8-6-5-7-9-18/h5-9,12-15,27,32H,10-11H2,1-4H3,(H,28,31)(H,29,30). The predicted molar refractivity (Wildman–Crippen MR) is 134 cm³/mol. The molecule has 3 aromatic carbocycles. The minimum atomic E-state index is -0.983. The van der Waals surface area contributed by atoms with Gasteiger partial charge < -0.3 is 30.0 Å². The first-order valence-electron chi connectivity index (χ1n) is 11.3. The van der Waals surface area contributed by atoms with Crippen molar-refractivity contribution in [3.63, 3.8) is 0 Å². The van der Waals surface area contributed by atoms with Gasteiger partial charge in [-0.15, -0.1) is 0 Å². The zero-order valence-electron chi connectivity index (χ0n) is 20.2. The van der Waals surface area contributed by atoms with Crippen LogP contribution < -0.4 is 24.8 Å². The number of benzene rings is 3. The van der Waals surface area contributed by atoms with Crippen molar-refractivity contribution in [3.05, 3.63) is 82.4 Å². The van der Waals surface area contributed by atoms with Gasteiger partial charge in [-0.05, 0) is 49.2 Å². The molecule has 1 heterocycles. The molecule has 35 heavy (non-hydrogen) atoms. The van der Waals surface area contributed by atoms with E-state index in [1.165, 1.54) is 0 Å². The second-order valence-electron chi connectivity index (χ2n) is 8.18. The number of rotatable bonds is 8.